The van der Waals surface area contributed by atoms with Gasteiger partial charge in [-0.25, -0.2) is 4.98 Å². The van der Waals surface area contributed by atoms with Crippen molar-refractivity contribution in [1.29, 1.82) is 0 Å². The lowest BCUT2D eigenvalue weighted by atomic mass is 9.79. The number of piperidine rings is 1. The van der Waals surface area contributed by atoms with Crippen molar-refractivity contribution in [3.63, 3.8) is 0 Å². The standard InChI is InChI=1S/C17H24N4/c1-2-15-12-20(10-11-21-14-18-13-19-21)9-8-17(15)16-6-4-3-5-7-16/h3-7,13-15,17H,2,8-12H2,1H3/t15-,17+/m1/s1. The van der Waals surface area contributed by atoms with E-state index in [-0.39, 0.29) is 0 Å². The lowest BCUT2D eigenvalue weighted by Gasteiger charge is -2.38. The van der Waals surface area contributed by atoms with Crippen molar-refractivity contribution in [3.8, 4) is 0 Å². The smallest absolute Gasteiger partial charge is 0.137 e. The van der Waals surface area contributed by atoms with Crippen molar-refractivity contribution in [2.75, 3.05) is 19.6 Å². The molecule has 1 aromatic heterocycles. The van der Waals surface area contributed by atoms with Crippen molar-refractivity contribution in [1.82, 2.24) is 19.7 Å². The molecule has 4 heteroatoms. The van der Waals surface area contributed by atoms with Gasteiger partial charge in [-0.05, 0) is 30.4 Å². The van der Waals surface area contributed by atoms with Crippen molar-refractivity contribution < 1.29 is 0 Å². The molecule has 1 fully saturated rings. The zero-order chi connectivity index (χ0) is 14.5. The Morgan fingerprint density at radius 3 is 2.76 bits per heavy atom. The first-order chi connectivity index (χ1) is 10.4. The summed E-state index contributed by atoms with van der Waals surface area (Å²) >= 11 is 0. The lowest BCUT2D eigenvalue weighted by molar-refractivity contribution is 0.144. The summed E-state index contributed by atoms with van der Waals surface area (Å²) in [4.78, 5) is 6.58. The molecule has 0 amide bonds. The zero-order valence-electron chi connectivity index (χ0n) is 12.7. The molecule has 2 atom stereocenters. The SMILES string of the molecule is CC[C@@H]1CN(CCn2cncn2)CC[C@@H]1c1ccccc1. The van der Waals surface area contributed by atoms with Crippen LogP contribution in [0.2, 0.25) is 0 Å². The Labute approximate surface area is 126 Å². The Hall–Kier alpha value is -1.68. The Kier molecular flexibility index (Phi) is 4.65. The van der Waals surface area contributed by atoms with Crippen LogP contribution in [-0.2, 0) is 6.54 Å². The van der Waals surface area contributed by atoms with E-state index in [2.05, 4.69) is 52.2 Å². The van der Waals surface area contributed by atoms with E-state index in [1.807, 2.05) is 4.68 Å². The zero-order valence-corrected chi connectivity index (χ0v) is 12.7. The highest BCUT2D eigenvalue weighted by Crippen LogP contribution is 2.34. The van der Waals surface area contributed by atoms with E-state index in [1.54, 1.807) is 12.7 Å². The van der Waals surface area contributed by atoms with Gasteiger partial charge in [-0.15, -0.1) is 0 Å². The van der Waals surface area contributed by atoms with Gasteiger partial charge in [-0.1, -0.05) is 43.7 Å². The van der Waals surface area contributed by atoms with Crippen molar-refractivity contribution in [2.45, 2.75) is 32.2 Å². The maximum Gasteiger partial charge on any atom is 0.137 e. The van der Waals surface area contributed by atoms with Gasteiger partial charge < -0.3 is 4.90 Å². The maximum atomic E-state index is 4.18. The number of aromatic nitrogens is 3. The predicted molar refractivity (Wildman–Crippen MR) is 84.0 cm³/mol. The molecule has 2 aromatic rings. The van der Waals surface area contributed by atoms with E-state index in [0.29, 0.717) is 0 Å². The van der Waals surface area contributed by atoms with Gasteiger partial charge in [-0.2, -0.15) is 5.10 Å². The van der Waals surface area contributed by atoms with Gasteiger partial charge in [-0.3, -0.25) is 4.68 Å². The minimum Gasteiger partial charge on any atom is -0.301 e. The van der Waals surface area contributed by atoms with E-state index < -0.39 is 0 Å². The molecule has 0 N–H and O–H groups in total. The first-order valence-corrected chi connectivity index (χ1v) is 7.96. The van der Waals surface area contributed by atoms with Crippen LogP contribution in [-0.4, -0.2) is 39.3 Å². The summed E-state index contributed by atoms with van der Waals surface area (Å²) < 4.78 is 1.92. The summed E-state index contributed by atoms with van der Waals surface area (Å²) in [6.45, 7) is 6.71. The molecule has 1 aliphatic heterocycles. The topological polar surface area (TPSA) is 34.0 Å². The molecule has 0 radical (unpaired) electrons. The molecule has 0 aliphatic carbocycles. The fourth-order valence-electron chi connectivity index (χ4n) is 3.46. The van der Waals surface area contributed by atoms with Crippen LogP contribution in [0.5, 0.6) is 0 Å². The highest BCUT2D eigenvalue weighted by atomic mass is 15.3. The number of rotatable bonds is 5. The first kappa shape index (κ1) is 14.3. The third-order valence-corrected chi connectivity index (χ3v) is 4.68. The summed E-state index contributed by atoms with van der Waals surface area (Å²) in [7, 11) is 0. The number of benzene rings is 1. The molecule has 1 saturated heterocycles. The molecule has 1 aliphatic rings. The van der Waals surface area contributed by atoms with Crippen LogP contribution in [0.15, 0.2) is 43.0 Å². The highest BCUT2D eigenvalue weighted by molar-refractivity contribution is 5.21. The van der Waals surface area contributed by atoms with Crippen molar-refractivity contribution >= 4 is 0 Å². The Bertz CT molecular complexity index is 523. The van der Waals surface area contributed by atoms with Gasteiger partial charge in [0.1, 0.15) is 12.7 Å². The molecule has 112 valence electrons. The molecule has 3 rings (SSSR count). The van der Waals surface area contributed by atoms with Gasteiger partial charge in [0.25, 0.3) is 0 Å². The van der Waals surface area contributed by atoms with E-state index in [1.165, 1.54) is 31.5 Å². The normalized spacial score (nSPS) is 23.3. The number of nitrogens with zero attached hydrogens (tertiary/aromatic N) is 4. The molecule has 4 nitrogen and oxygen atoms in total. The maximum absolute atomic E-state index is 4.18. The van der Waals surface area contributed by atoms with Crippen LogP contribution in [0.4, 0.5) is 0 Å². The van der Waals surface area contributed by atoms with Crippen LogP contribution in [0, 0.1) is 5.92 Å². The van der Waals surface area contributed by atoms with Crippen LogP contribution < -0.4 is 0 Å². The Morgan fingerprint density at radius 2 is 2.05 bits per heavy atom. The van der Waals surface area contributed by atoms with Crippen molar-refractivity contribution in [3.05, 3.63) is 48.5 Å². The quantitative estimate of drug-likeness (QED) is 0.846. The minimum absolute atomic E-state index is 0.721. The second-order valence-corrected chi connectivity index (χ2v) is 5.93. The third kappa shape index (κ3) is 3.50. The van der Waals surface area contributed by atoms with E-state index in [9.17, 15) is 0 Å². The molecular weight excluding hydrogens is 260 g/mol. The van der Waals surface area contributed by atoms with Crippen LogP contribution >= 0.6 is 0 Å². The highest BCUT2D eigenvalue weighted by Gasteiger charge is 2.28. The summed E-state index contributed by atoms with van der Waals surface area (Å²) in [6, 6.07) is 11.0. The molecular formula is C17H24N4. The average molecular weight is 284 g/mol. The summed E-state index contributed by atoms with van der Waals surface area (Å²) in [6.07, 6.45) is 5.92. The van der Waals surface area contributed by atoms with E-state index in [4.69, 9.17) is 0 Å². The average Bonchev–Trinajstić information content (AvgIpc) is 3.07. The number of hydrogen-bond acceptors (Lipinski definition) is 3. The van der Waals surface area contributed by atoms with Crippen LogP contribution in [0.25, 0.3) is 0 Å². The fourth-order valence-corrected chi connectivity index (χ4v) is 3.46. The minimum atomic E-state index is 0.721. The summed E-state index contributed by atoms with van der Waals surface area (Å²) in [5.74, 6) is 1.48. The predicted octanol–water partition coefficient (Wildman–Crippen LogP) is 2.79. The summed E-state index contributed by atoms with van der Waals surface area (Å²) in [5, 5.41) is 4.18. The summed E-state index contributed by atoms with van der Waals surface area (Å²) in [5.41, 5.74) is 1.51. The Morgan fingerprint density at radius 1 is 1.19 bits per heavy atom. The number of hydrogen-bond donors (Lipinski definition) is 0. The van der Waals surface area contributed by atoms with E-state index >= 15 is 0 Å². The molecule has 0 bridgehead atoms. The fraction of sp³-hybridized carbons (Fsp3) is 0.529. The number of likely N-dealkylation sites (tertiary alicyclic amines) is 1. The van der Waals surface area contributed by atoms with Gasteiger partial charge in [0.05, 0.1) is 6.54 Å². The second kappa shape index (κ2) is 6.85. The Balaban J connectivity index is 1.58. The second-order valence-electron chi connectivity index (χ2n) is 5.93. The van der Waals surface area contributed by atoms with E-state index in [0.717, 1.165) is 24.9 Å². The molecule has 2 heterocycles. The van der Waals surface area contributed by atoms with Crippen LogP contribution in [0.3, 0.4) is 0 Å². The first-order valence-electron chi connectivity index (χ1n) is 7.96. The largest absolute Gasteiger partial charge is 0.301 e. The molecule has 0 unspecified atom stereocenters. The van der Waals surface area contributed by atoms with Gasteiger partial charge in [0.15, 0.2) is 0 Å². The third-order valence-electron chi connectivity index (χ3n) is 4.68. The molecule has 0 saturated carbocycles. The van der Waals surface area contributed by atoms with Gasteiger partial charge in [0.2, 0.25) is 0 Å². The lowest BCUT2D eigenvalue weighted by Crippen LogP contribution is -2.40. The molecule has 21 heavy (non-hydrogen) atoms. The van der Waals surface area contributed by atoms with Gasteiger partial charge >= 0.3 is 0 Å². The molecule has 1 aromatic carbocycles. The van der Waals surface area contributed by atoms with Crippen molar-refractivity contribution in [2.24, 2.45) is 5.92 Å². The van der Waals surface area contributed by atoms with Crippen LogP contribution in [0.1, 0.15) is 31.2 Å². The van der Waals surface area contributed by atoms with Gasteiger partial charge in [0, 0.05) is 13.1 Å². The monoisotopic (exact) mass is 284 g/mol. The molecule has 0 spiro atoms.